The summed E-state index contributed by atoms with van der Waals surface area (Å²) in [5.74, 6) is 0.895. The van der Waals surface area contributed by atoms with E-state index < -0.39 is 0 Å². The van der Waals surface area contributed by atoms with Gasteiger partial charge >= 0.3 is 6.03 Å². The summed E-state index contributed by atoms with van der Waals surface area (Å²) in [7, 11) is 0. The van der Waals surface area contributed by atoms with Gasteiger partial charge in [0.1, 0.15) is 24.5 Å². The van der Waals surface area contributed by atoms with Gasteiger partial charge in [-0.3, -0.25) is 0 Å². The van der Waals surface area contributed by atoms with Crippen LogP contribution in [0.15, 0.2) is 61.2 Å². The number of urea groups is 1. The van der Waals surface area contributed by atoms with Crippen LogP contribution in [0.25, 0.3) is 5.69 Å². The molecule has 0 saturated heterocycles. The van der Waals surface area contributed by atoms with Gasteiger partial charge in [0.25, 0.3) is 0 Å². The number of para-hydroxylation sites is 3. The average Bonchev–Trinajstić information content (AvgIpc) is 3.30. The van der Waals surface area contributed by atoms with Gasteiger partial charge in [0.2, 0.25) is 0 Å². The summed E-state index contributed by atoms with van der Waals surface area (Å²) >= 11 is 0. The maximum Gasteiger partial charge on any atom is 0.319 e. The summed E-state index contributed by atoms with van der Waals surface area (Å²) < 4.78 is 7.43. The molecular formula is C18H17N5O2. The predicted molar refractivity (Wildman–Crippen MR) is 92.9 cm³/mol. The van der Waals surface area contributed by atoms with Gasteiger partial charge in [-0.2, -0.15) is 5.10 Å². The van der Waals surface area contributed by atoms with Crippen LogP contribution in [-0.4, -0.2) is 33.4 Å². The molecule has 7 heteroatoms. The fraction of sp³-hybridized carbons (Fsp3) is 0.167. The second-order valence-electron chi connectivity index (χ2n) is 5.74. The van der Waals surface area contributed by atoms with E-state index in [1.807, 2.05) is 48.5 Å². The Morgan fingerprint density at radius 2 is 2.04 bits per heavy atom. The Hall–Kier alpha value is -3.35. The second kappa shape index (κ2) is 6.64. The van der Waals surface area contributed by atoms with E-state index in [1.165, 1.54) is 11.9 Å². The maximum absolute atomic E-state index is 12.2. The molecule has 2 heterocycles. The Labute approximate surface area is 144 Å². The lowest BCUT2D eigenvalue weighted by Gasteiger charge is -2.14. The lowest BCUT2D eigenvalue weighted by Crippen LogP contribution is -2.37. The number of anilines is 1. The number of amides is 2. The first-order valence-corrected chi connectivity index (χ1v) is 8.03. The lowest BCUT2D eigenvalue weighted by atomic mass is 10.1. The van der Waals surface area contributed by atoms with Crippen LogP contribution in [0.3, 0.4) is 0 Å². The van der Waals surface area contributed by atoms with E-state index >= 15 is 0 Å². The van der Waals surface area contributed by atoms with Crippen molar-refractivity contribution >= 4 is 11.7 Å². The first-order chi connectivity index (χ1) is 12.3. The molecule has 0 bridgehead atoms. The molecular weight excluding hydrogens is 318 g/mol. The summed E-state index contributed by atoms with van der Waals surface area (Å²) in [6.07, 6.45) is 3.79. The SMILES string of the molecule is O=C(NC[C@@H]1Cc2ccccc2O1)Nc1ccccc1-n1cncn1. The largest absolute Gasteiger partial charge is 0.488 e. The van der Waals surface area contributed by atoms with Gasteiger partial charge in [-0.25, -0.2) is 14.5 Å². The number of nitrogens with one attached hydrogen (secondary N) is 2. The number of ether oxygens (including phenoxy) is 1. The van der Waals surface area contributed by atoms with E-state index in [0.717, 1.165) is 17.9 Å². The highest BCUT2D eigenvalue weighted by atomic mass is 16.5. The Balaban J connectivity index is 1.36. The van der Waals surface area contributed by atoms with Gasteiger partial charge < -0.3 is 15.4 Å². The molecule has 0 aliphatic carbocycles. The van der Waals surface area contributed by atoms with Crippen molar-refractivity contribution in [2.24, 2.45) is 0 Å². The number of aromatic nitrogens is 3. The smallest absolute Gasteiger partial charge is 0.319 e. The molecule has 2 aromatic carbocycles. The number of benzene rings is 2. The van der Waals surface area contributed by atoms with Crippen molar-refractivity contribution < 1.29 is 9.53 Å². The Bertz CT molecular complexity index is 854. The van der Waals surface area contributed by atoms with Crippen LogP contribution in [-0.2, 0) is 6.42 Å². The first kappa shape index (κ1) is 15.2. The van der Waals surface area contributed by atoms with Crippen molar-refractivity contribution in [3.05, 3.63) is 66.7 Å². The molecule has 0 fully saturated rings. The zero-order valence-corrected chi connectivity index (χ0v) is 13.4. The number of nitrogens with zero attached hydrogens (tertiary/aromatic N) is 3. The van der Waals surface area contributed by atoms with Gasteiger partial charge in [-0.1, -0.05) is 30.3 Å². The van der Waals surface area contributed by atoms with Crippen molar-refractivity contribution in [2.75, 3.05) is 11.9 Å². The molecule has 0 radical (unpaired) electrons. The number of carbonyl (C=O) groups excluding carboxylic acids is 1. The monoisotopic (exact) mass is 335 g/mol. The summed E-state index contributed by atoms with van der Waals surface area (Å²) in [5, 5.41) is 9.81. The minimum atomic E-state index is -0.285. The molecule has 4 rings (SSSR count). The standard InChI is InChI=1S/C18H17N5O2/c24-18(20-10-14-9-13-5-1-4-8-17(13)25-14)22-15-6-2-3-7-16(15)23-12-19-11-21-23/h1-8,11-12,14H,9-10H2,(H2,20,22,24)/t14-/m0/s1. The highest BCUT2D eigenvalue weighted by Gasteiger charge is 2.22. The van der Waals surface area contributed by atoms with Crippen molar-refractivity contribution in [3.63, 3.8) is 0 Å². The Morgan fingerprint density at radius 3 is 2.88 bits per heavy atom. The number of carbonyl (C=O) groups is 1. The molecule has 7 nitrogen and oxygen atoms in total. The number of fused-ring (bicyclic) bond motifs is 1. The van der Waals surface area contributed by atoms with E-state index in [2.05, 4.69) is 20.7 Å². The molecule has 1 atom stereocenters. The number of hydrogen-bond donors (Lipinski definition) is 2. The maximum atomic E-state index is 12.2. The zero-order valence-electron chi connectivity index (χ0n) is 13.4. The Morgan fingerprint density at radius 1 is 1.20 bits per heavy atom. The molecule has 2 N–H and O–H groups in total. The summed E-state index contributed by atoms with van der Waals surface area (Å²) in [4.78, 5) is 16.2. The quantitative estimate of drug-likeness (QED) is 0.767. The number of rotatable bonds is 4. The highest BCUT2D eigenvalue weighted by Crippen LogP contribution is 2.27. The van der Waals surface area contributed by atoms with Gasteiger partial charge in [-0.05, 0) is 23.8 Å². The van der Waals surface area contributed by atoms with Crippen molar-refractivity contribution in [1.82, 2.24) is 20.1 Å². The highest BCUT2D eigenvalue weighted by molar-refractivity contribution is 5.91. The third-order valence-corrected chi connectivity index (χ3v) is 4.02. The van der Waals surface area contributed by atoms with Crippen molar-refractivity contribution in [1.29, 1.82) is 0 Å². The van der Waals surface area contributed by atoms with Crippen LogP contribution in [0, 0.1) is 0 Å². The minimum absolute atomic E-state index is 0.0475. The third-order valence-electron chi connectivity index (χ3n) is 4.02. The van der Waals surface area contributed by atoms with Gasteiger partial charge in [0, 0.05) is 6.42 Å². The van der Waals surface area contributed by atoms with E-state index in [4.69, 9.17) is 4.74 Å². The van der Waals surface area contributed by atoms with E-state index in [9.17, 15) is 4.79 Å². The zero-order chi connectivity index (χ0) is 17.1. The molecule has 126 valence electrons. The van der Waals surface area contributed by atoms with Crippen molar-refractivity contribution in [3.8, 4) is 11.4 Å². The molecule has 0 saturated carbocycles. The average molecular weight is 335 g/mol. The minimum Gasteiger partial charge on any atom is -0.488 e. The van der Waals surface area contributed by atoms with Gasteiger partial charge in [0.15, 0.2) is 0 Å². The van der Waals surface area contributed by atoms with E-state index in [-0.39, 0.29) is 12.1 Å². The summed E-state index contributed by atoms with van der Waals surface area (Å²) in [6, 6.07) is 15.1. The van der Waals surface area contributed by atoms with Crippen molar-refractivity contribution in [2.45, 2.75) is 12.5 Å². The molecule has 0 unspecified atom stereocenters. The van der Waals surface area contributed by atoms with Crippen LogP contribution < -0.4 is 15.4 Å². The van der Waals surface area contributed by atoms with Crippen LogP contribution in [0.5, 0.6) is 5.75 Å². The number of hydrogen-bond acceptors (Lipinski definition) is 4. The first-order valence-electron chi connectivity index (χ1n) is 8.03. The fourth-order valence-corrected chi connectivity index (χ4v) is 2.85. The van der Waals surface area contributed by atoms with Crippen LogP contribution >= 0.6 is 0 Å². The summed E-state index contributed by atoms with van der Waals surface area (Å²) in [5.41, 5.74) is 2.58. The van der Waals surface area contributed by atoms with Gasteiger partial charge in [0.05, 0.1) is 17.9 Å². The van der Waals surface area contributed by atoms with Crippen LogP contribution in [0.4, 0.5) is 10.5 Å². The molecule has 1 aromatic heterocycles. The van der Waals surface area contributed by atoms with E-state index in [0.29, 0.717) is 12.2 Å². The normalized spacial score (nSPS) is 15.3. The fourth-order valence-electron chi connectivity index (χ4n) is 2.85. The van der Waals surface area contributed by atoms with Crippen LogP contribution in [0.2, 0.25) is 0 Å². The molecule has 0 spiro atoms. The molecule has 1 aliphatic heterocycles. The summed E-state index contributed by atoms with van der Waals surface area (Å²) in [6.45, 7) is 0.437. The lowest BCUT2D eigenvalue weighted by molar-refractivity contribution is 0.219. The molecule has 1 aliphatic rings. The third kappa shape index (κ3) is 3.30. The second-order valence-corrected chi connectivity index (χ2v) is 5.74. The predicted octanol–water partition coefficient (Wildman–Crippen LogP) is 2.39. The molecule has 3 aromatic rings. The molecule has 2 amide bonds. The Kier molecular flexibility index (Phi) is 4.04. The topological polar surface area (TPSA) is 81.1 Å². The van der Waals surface area contributed by atoms with Gasteiger partial charge in [-0.15, -0.1) is 0 Å². The van der Waals surface area contributed by atoms with E-state index in [1.54, 1.807) is 11.0 Å². The van der Waals surface area contributed by atoms with Crippen LogP contribution in [0.1, 0.15) is 5.56 Å². The molecule has 25 heavy (non-hydrogen) atoms.